The highest BCUT2D eigenvalue weighted by molar-refractivity contribution is 9.10. The molecule has 0 saturated heterocycles. The molecule has 0 aromatic carbocycles. The quantitative estimate of drug-likeness (QED) is 0.837. The molecular weight excluding hydrogens is 218 g/mol. The topological polar surface area (TPSA) is 51.8 Å². The van der Waals surface area contributed by atoms with Crippen LogP contribution in [0.15, 0.2) is 16.9 Å². The van der Waals surface area contributed by atoms with E-state index in [0.717, 1.165) is 10.3 Å². The monoisotopic (exact) mass is 229 g/mol. The molecule has 0 fully saturated rings. The van der Waals surface area contributed by atoms with Crippen LogP contribution in [-0.4, -0.2) is 16.5 Å². The Morgan fingerprint density at radius 1 is 1.42 bits per heavy atom. The van der Waals surface area contributed by atoms with Gasteiger partial charge in [-0.25, -0.2) is 9.97 Å². The van der Waals surface area contributed by atoms with E-state index in [-0.39, 0.29) is 5.41 Å². The van der Waals surface area contributed by atoms with Gasteiger partial charge in [0.25, 0.3) is 0 Å². The number of hydrogen-bond acceptors (Lipinski definition) is 3. The summed E-state index contributed by atoms with van der Waals surface area (Å²) < 4.78 is 0.888. The van der Waals surface area contributed by atoms with Gasteiger partial charge in [0, 0.05) is 24.4 Å². The predicted octanol–water partition coefficient (Wildman–Crippen LogP) is 1.48. The molecule has 2 N–H and O–H groups in total. The molecule has 4 heteroatoms. The van der Waals surface area contributed by atoms with Gasteiger partial charge in [0.05, 0.1) is 4.47 Å². The Balaban J connectivity index is 2.96. The highest BCUT2D eigenvalue weighted by Gasteiger charge is 2.21. The van der Waals surface area contributed by atoms with Crippen molar-refractivity contribution in [2.45, 2.75) is 19.3 Å². The smallest absolute Gasteiger partial charge is 0.135 e. The van der Waals surface area contributed by atoms with Gasteiger partial charge in [0.15, 0.2) is 0 Å². The van der Waals surface area contributed by atoms with Crippen molar-refractivity contribution in [2.75, 3.05) is 6.54 Å². The molecule has 66 valence electrons. The minimum absolute atomic E-state index is 0.138. The van der Waals surface area contributed by atoms with Crippen LogP contribution in [0.25, 0.3) is 0 Å². The predicted molar refractivity (Wildman–Crippen MR) is 51.8 cm³/mol. The zero-order valence-electron chi connectivity index (χ0n) is 7.21. The van der Waals surface area contributed by atoms with Gasteiger partial charge in [-0.15, -0.1) is 0 Å². The van der Waals surface area contributed by atoms with E-state index in [1.54, 1.807) is 12.4 Å². The minimum atomic E-state index is -0.138. The molecule has 1 heterocycles. The van der Waals surface area contributed by atoms with Crippen molar-refractivity contribution in [3.8, 4) is 0 Å². The van der Waals surface area contributed by atoms with E-state index in [1.807, 2.05) is 13.8 Å². The Labute approximate surface area is 80.5 Å². The van der Waals surface area contributed by atoms with Crippen molar-refractivity contribution in [2.24, 2.45) is 5.73 Å². The van der Waals surface area contributed by atoms with Gasteiger partial charge >= 0.3 is 0 Å². The van der Waals surface area contributed by atoms with Crippen molar-refractivity contribution >= 4 is 15.9 Å². The average molecular weight is 230 g/mol. The summed E-state index contributed by atoms with van der Waals surface area (Å²) >= 11 is 3.28. The Morgan fingerprint density at radius 3 is 2.33 bits per heavy atom. The van der Waals surface area contributed by atoms with Crippen LogP contribution in [0.2, 0.25) is 0 Å². The molecule has 0 saturated carbocycles. The second kappa shape index (κ2) is 3.49. The molecule has 0 aliphatic carbocycles. The van der Waals surface area contributed by atoms with Crippen LogP contribution < -0.4 is 5.73 Å². The van der Waals surface area contributed by atoms with Crippen molar-refractivity contribution in [1.29, 1.82) is 0 Å². The number of rotatable bonds is 2. The van der Waals surface area contributed by atoms with E-state index in [2.05, 4.69) is 25.9 Å². The summed E-state index contributed by atoms with van der Waals surface area (Å²) in [5.41, 5.74) is 5.45. The maximum absolute atomic E-state index is 5.58. The molecule has 1 aromatic rings. The largest absolute Gasteiger partial charge is 0.329 e. The molecule has 0 unspecified atom stereocenters. The fourth-order valence-corrected chi connectivity index (χ4v) is 0.958. The highest BCUT2D eigenvalue weighted by Crippen LogP contribution is 2.17. The van der Waals surface area contributed by atoms with Crippen molar-refractivity contribution in [1.82, 2.24) is 9.97 Å². The molecule has 0 amide bonds. The van der Waals surface area contributed by atoms with Crippen LogP contribution in [0.3, 0.4) is 0 Å². The zero-order chi connectivity index (χ0) is 9.19. The molecule has 3 nitrogen and oxygen atoms in total. The van der Waals surface area contributed by atoms with Crippen molar-refractivity contribution in [3.63, 3.8) is 0 Å². The molecule has 0 aliphatic rings. The van der Waals surface area contributed by atoms with Crippen LogP contribution in [-0.2, 0) is 5.41 Å². The van der Waals surface area contributed by atoms with Crippen LogP contribution in [0.1, 0.15) is 19.7 Å². The SMILES string of the molecule is CC(C)(CN)c1ncc(Br)cn1. The number of halogens is 1. The maximum Gasteiger partial charge on any atom is 0.135 e. The summed E-state index contributed by atoms with van der Waals surface area (Å²) in [6.45, 7) is 4.60. The van der Waals surface area contributed by atoms with E-state index in [1.165, 1.54) is 0 Å². The molecule has 0 aliphatic heterocycles. The number of aromatic nitrogens is 2. The van der Waals surface area contributed by atoms with Crippen molar-refractivity contribution < 1.29 is 0 Å². The first-order valence-electron chi connectivity index (χ1n) is 3.74. The maximum atomic E-state index is 5.58. The Bertz CT molecular complexity index is 256. The Kier molecular flexibility index (Phi) is 2.80. The molecule has 1 aromatic heterocycles. The van der Waals surface area contributed by atoms with E-state index in [4.69, 9.17) is 5.73 Å². The third-order valence-corrected chi connectivity index (χ3v) is 2.15. The molecule has 1 rings (SSSR count). The first kappa shape index (κ1) is 9.61. The number of hydrogen-bond donors (Lipinski definition) is 1. The Morgan fingerprint density at radius 2 is 1.92 bits per heavy atom. The summed E-state index contributed by atoms with van der Waals surface area (Å²) in [5, 5.41) is 0. The first-order valence-corrected chi connectivity index (χ1v) is 4.53. The highest BCUT2D eigenvalue weighted by atomic mass is 79.9. The molecule has 0 radical (unpaired) electrons. The summed E-state index contributed by atoms with van der Waals surface area (Å²) in [6.07, 6.45) is 3.47. The van der Waals surface area contributed by atoms with Gasteiger partial charge in [0.2, 0.25) is 0 Å². The fourth-order valence-electron chi connectivity index (χ4n) is 0.753. The van der Waals surface area contributed by atoms with E-state index >= 15 is 0 Å². The molecule has 0 bridgehead atoms. The lowest BCUT2D eigenvalue weighted by molar-refractivity contribution is 0.501. The van der Waals surface area contributed by atoms with Gasteiger partial charge in [-0.3, -0.25) is 0 Å². The van der Waals surface area contributed by atoms with E-state index in [9.17, 15) is 0 Å². The molecule has 0 spiro atoms. The van der Waals surface area contributed by atoms with Gasteiger partial charge in [-0.05, 0) is 15.9 Å². The van der Waals surface area contributed by atoms with Crippen LogP contribution in [0.4, 0.5) is 0 Å². The van der Waals surface area contributed by atoms with Crippen LogP contribution in [0.5, 0.6) is 0 Å². The van der Waals surface area contributed by atoms with Gasteiger partial charge in [0.1, 0.15) is 5.82 Å². The zero-order valence-corrected chi connectivity index (χ0v) is 8.80. The van der Waals surface area contributed by atoms with Crippen LogP contribution >= 0.6 is 15.9 Å². The first-order chi connectivity index (χ1) is 5.56. The summed E-state index contributed by atoms with van der Waals surface area (Å²) in [7, 11) is 0. The van der Waals surface area contributed by atoms with Crippen molar-refractivity contribution in [3.05, 3.63) is 22.7 Å². The second-order valence-electron chi connectivity index (χ2n) is 3.31. The lowest BCUT2D eigenvalue weighted by Crippen LogP contribution is -2.30. The van der Waals surface area contributed by atoms with Gasteiger partial charge in [-0.2, -0.15) is 0 Å². The third-order valence-electron chi connectivity index (χ3n) is 1.74. The van der Waals surface area contributed by atoms with Crippen LogP contribution in [0, 0.1) is 0 Å². The standard InChI is InChI=1S/C8H12BrN3/c1-8(2,5-10)7-11-3-6(9)4-12-7/h3-4H,5,10H2,1-2H3. The lowest BCUT2D eigenvalue weighted by atomic mass is 9.93. The summed E-state index contributed by atoms with van der Waals surface area (Å²) in [4.78, 5) is 8.37. The molecule has 12 heavy (non-hydrogen) atoms. The minimum Gasteiger partial charge on any atom is -0.329 e. The fraction of sp³-hybridized carbons (Fsp3) is 0.500. The Hall–Kier alpha value is -0.480. The number of nitrogens with zero attached hydrogens (tertiary/aromatic N) is 2. The van der Waals surface area contributed by atoms with Gasteiger partial charge in [-0.1, -0.05) is 13.8 Å². The molecular formula is C8H12BrN3. The molecule has 0 atom stereocenters. The van der Waals surface area contributed by atoms with E-state index in [0.29, 0.717) is 6.54 Å². The average Bonchev–Trinajstić information content (AvgIpc) is 2.05. The summed E-state index contributed by atoms with van der Waals surface area (Å²) in [5.74, 6) is 0.785. The summed E-state index contributed by atoms with van der Waals surface area (Å²) in [6, 6.07) is 0. The number of nitrogens with two attached hydrogens (primary N) is 1. The second-order valence-corrected chi connectivity index (χ2v) is 4.23. The lowest BCUT2D eigenvalue weighted by Gasteiger charge is -2.19. The van der Waals surface area contributed by atoms with Gasteiger partial charge < -0.3 is 5.73 Å². The van der Waals surface area contributed by atoms with E-state index < -0.39 is 0 Å². The normalized spacial score (nSPS) is 11.7. The third kappa shape index (κ3) is 2.01.